The van der Waals surface area contributed by atoms with Crippen LogP contribution in [0.1, 0.15) is 35.7 Å². The predicted octanol–water partition coefficient (Wildman–Crippen LogP) is 4.87. The molecular formula is C16H20BrF3N2O2. The Bertz CT molecular complexity index is 604. The summed E-state index contributed by atoms with van der Waals surface area (Å²) in [5.41, 5.74) is 1.60. The quantitative estimate of drug-likeness (QED) is 0.279. The fourth-order valence-electron chi connectivity index (χ4n) is 1.74. The van der Waals surface area contributed by atoms with Gasteiger partial charge in [0.2, 0.25) is 0 Å². The van der Waals surface area contributed by atoms with E-state index < -0.39 is 18.6 Å². The van der Waals surface area contributed by atoms with Crippen LogP contribution in [0, 0.1) is 6.92 Å². The van der Waals surface area contributed by atoms with Crippen LogP contribution in [0.15, 0.2) is 21.6 Å². The van der Waals surface area contributed by atoms with Crippen molar-refractivity contribution >= 4 is 33.9 Å². The molecule has 0 saturated heterocycles. The Balaban J connectivity index is 2.74. The zero-order valence-electron chi connectivity index (χ0n) is 13.8. The minimum Gasteiger partial charge on any atom is -0.462 e. The second-order valence-corrected chi connectivity index (χ2v) is 6.15. The fourth-order valence-corrected chi connectivity index (χ4v) is 2.19. The average Bonchev–Trinajstić information content (AvgIpc) is 2.50. The largest absolute Gasteiger partial charge is 0.462 e. The van der Waals surface area contributed by atoms with Crippen molar-refractivity contribution < 1.29 is 22.7 Å². The van der Waals surface area contributed by atoms with Gasteiger partial charge in [0.1, 0.15) is 0 Å². The van der Waals surface area contributed by atoms with E-state index in [1.807, 2.05) is 18.9 Å². The van der Waals surface area contributed by atoms with Crippen molar-refractivity contribution in [3.05, 3.63) is 27.7 Å². The number of esters is 1. The maximum absolute atomic E-state index is 12.1. The Kier molecular flexibility index (Phi) is 7.72. The van der Waals surface area contributed by atoms with Crippen molar-refractivity contribution in [1.82, 2.24) is 4.90 Å². The summed E-state index contributed by atoms with van der Waals surface area (Å²) in [5, 5.41) is 0. The molecule has 0 aliphatic rings. The number of alkyl halides is 3. The molecule has 0 heterocycles. The van der Waals surface area contributed by atoms with Crippen LogP contribution in [0.25, 0.3) is 0 Å². The molecule has 1 aromatic rings. The molecule has 0 atom stereocenters. The van der Waals surface area contributed by atoms with Gasteiger partial charge in [0.25, 0.3) is 0 Å². The summed E-state index contributed by atoms with van der Waals surface area (Å²) in [6.45, 7) is 4.25. The number of carbonyl (C=O) groups is 1. The van der Waals surface area contributed by atoms with E-state index >= 15 is 0 Å². The maximum Gasteiger partial charge on any atom is 0.389 e. The van der Waals surface area contributed by atoms with Crippen LogP contribution < -0.4 is 0 Å². The fraction of sp³-hybridized carbons (Fsp3) is 0.500. The number of carbonyl (C=O) groups excluding carboxylic acids is 1. The summed E-state index contributed by atoms with van der Waals surface area (Å²) in [5.74, 6) is -0.642. The third-order valence-electron chi connectivity index (χ3n) is 3.24. The zero-order valence-corrected chi connectivity index (χ0v) is 15.4. The highest BCUT2D eigenvalue weighted by molar-refractivity contribution is 9.10. The topological polar surface area (TPSA) is 41.9 Å². The molecule has 8 heteroatoms. The number of hydrogen-bond donors (Lipinski definition) is 0. The lowest BCUT2D eigenvalue weighted by molar-refractivity contribution is -0.137. The molecule has 0 saturated carbocycles. The molecular weight excluding hydrogens is 389 g/mol. The molecule has 4 nitrogen and oxygen atoms in total. The van der Waals surface area contributed by atoms with E-state index in [1.54, 1.807) is 25.4 Å². The first-order valence-electron chi connectivity index (χ1n) is 7.42. The lowest BCUT2D eigenvalue weighted by atomic mass is 10.1. The first-order chi connectivity index (χ1) is 11.1. The van der Waals surface area contributed by atoms with E-state index in [0.717, 1.165) is 6.54 Å². The molecule has 0 spiro atoms. The van der Waals surface area contributed by atoms with E-state index in [0.29, 0.717) is 21.3 Å². The number of hydrogen-bond acceptors (Lipinski definition) is 3. The predicted molar refractivity (Wildman–Crippen MR) is 90.9 cm³/mol. The van der Waals surface area contributed by atoms with E-state index in [4.69, 9.17) is 4.74 Å². The highest BCUT2D eigenvalue weighted by atomic mass is 79.9. The summed E-state index contributed by atoms with van der Waals surface area (Å²) in [7, 11) is 1.89. The van der Waals surface area contributed by atoms with Gasteiger partial charge in [-0.3, -0.25) is 0 Å². The van der Waals surface area contributed by atoms with E-state index in [1.165, 1.54) is 0 Å². The minimum atomic E-state index is -4.24. The smallest absolute Gasteiger partial charge is 0.389 e. The number of ether oxygens (including phenoxy) is 1. The van der Waals surface area contributed by atoms with Gasteiger partial charge in [-0.1, -0.05) is 0 Å². The van der Waals surface area contributed by atoms with Gasteiger partial charge in [0.05, 0.1) is 24.2 Å². The van der Waals surface area contributed by atoms with Crippen LogP contribution in [0.4, 0.5) is 18.9 Å². The lowest BCUT2D eigenvalue weighted by Gasteiger charge is -2.11. The lowest BCUT2D eigenvalue weighted by Crippen LogP contribution is -2.14. The highest BCUT2D eigenvalue weighted by Gasteiger charge is 2.26. The number of benzene rings is 1. The van der Waals surface area contributed by atoms with Crippen molar-refractivity contribution in [1.29, 1.82) is 0 Å². The van der Waals surface area contributed by atoms with Crippen molar-refractivity contribution in [3.63, 3.8) is 0 Å². The van der Waals surface area contributed by atoms with Gasteiger partial charge in [-0.05, 0) is 53.9 Å². The van der Waals surface area contributed by atoms with Gasteiger partial charge in [0, 0.05) is 24.5 Å². The Morgan fingerprint density at radius 2 is 2.08 bits per heavy atom. The van der Waals surface area contributed by atoms with Gasteiger partial charge in [0.15, 0.2) is 0 Å². The Morgan fingerprint density at radius 1 is 1.42 bits per heavy atom. The van der Waals surface area contributed by atoms with Crippen LogP contribution in [0.3, 0.4) is 0 Å². The first kappa shape index (κ1) is 20.5. The SMILES string of the molecule is CCN(C)C=Nc1cc(C)c(C(=O)OCCCC(F)(F)F)cc1Br. The molecule has 0 aliphatic carbocycles. The zero-order chi connectivity index (χ0) is 18.3. The van der Waals surface area contributed by atoms with Gasteiger partial charge in [-0.15, -0.1) is 0 Å². The molecule has 0 amide bonds. The molecule has 24 heavy (non-hydrogen) atoms. The van der Waals surface area contributed by atoms with Crippen LogP contribution in [-0.2, 0) is 4.74 Å². The number of aliphatic imine (C=N–C) groups is 1. The van der Waals surface area contributed by atoms with Gasteiger partial charge < -0.3 is 9.64 Å². The number of nitrogens with zero attached hydrogens (tertiary/aromatic N) is 2. The molecule has 0 aromatic heterocycles. The van der Waals surface area contributed by atoms with Crippen molar-refractivity contribution in [2.45, 2.75) is 32.9 Å². The summed E-state index contributed by atoms with van der Waals surface area (Å²) >= 11 is 3.34. The second kappa shape index (κ2) is 9.05. The average molecular weight is 409 g/mol. The second-order valence-electron chi connectivity index (χ2n) is 5.29. The molecule has 134 valence electrons. The number of aryl methyl sites for hydroxylation is 1. The Labute approximate surface area is 147 Å². The summed E-state index contributed by atoms with van der Waals surface area (Å²) < 4.78 is 41.7. The monoisotopic (exact) mass is 408 g/mol. The Hall–Kier alpha value is -1.57. The Morgan fingerprint density at radius 3 is 2.67 bits per heavy atom. The molecule has 1 aromatic carbocycles. The van der Waals surface area contributed by atoms with Gasteiger partial charge in [-0.25, -0.2) is 9.79 Å². The van der Waals surface area contributed by atoms with Crippen LogP contribution in [0.5, 0.6) is 0 Å². The maximum atomic E-state index is 12.1. The van der Waals surface area contributed by atoms with E-state index in [9.17, 15) is 18.0 Å². The highest BCUT2D eigenvalue weighted by Crippen LogP contribution is 2.29. The molecule has 0 fully saturated rings. The van der Waals surface area contributed by atoms with Crippen molar-refractivity contribution in [2.75, 3.05) is 20.2 Å². The molecule has 0 bridgehead atoms. The van der Waals surface area contributed by atoms with E-state index in [-0.39, 0.29) is 13.0 Å². The van der Waals surface area contributed by atoms with Crippen molar-refractivity contribution in [3.8, 4) is 0 Å². The molecule has 0 N–H and O–H groups in total. The van der Waals surface area contributed by atoms with Gasteiger partial charge in [-0.2, -0.15) is 13.2 Å². The van der Waals surface area contributed by atoms with Crippen LogP contribution >= 0.6 is 15.9 Å². The third-order valence-corrected chi connectivity index (χ3v) is 3.88. The normalized spacial score (nSPS) is 11.8. The standard InChI is InChI=1S/C16H20BrF3N2O2/c1-4-22(3)10-21-14-8-11(2)12(9-13(14)17)15(23)24-7-5-6-16(18,19)20/h8-10H,4-7H2,1-3H3. The molecule has 1 rings (SSSR count). The minimum absolute atomic E-state index is 0.249. The van der Waals surface area contributed by atoms with Crippen LogP contribution in [-0.4, -0.2) is 43.6 Å². The van der Waals surface area contributed by atoms with Gasteiger partial charge >= 0.3 is 12.1 Å². The summed E-state index contributed by atoms with van der Waals surface area (Å²) in [6, 6.07) is 3.29. The summed E-state index contributed by atoms with van der Waals surface area (Å²) in [6.07, 6.45) is -3.78. The van der Waals surface area contributed by atoms with Crippen molar-refractivity contribution in [2.24, 2.45) is 4.99 Å². The molecule has 0 radical (unpaired) electrons. The summed E-state index contributed by atoms with van der Waals surface area (Å²) in [4.78, 5) is 18.2. The number of halogens is 4. The number of rotatable bonds is 7. The molecule has 0 unspecified atom stereocenters. The van der Waals surface area contributed by atoms with Crippen LogP contribution in [0.2, 0.25) is 0 Å². The first-order valence-corrected chi connectivity index (χ1v) is 8.21. The third kappa shape index (κ3) is 6.90. The molecule has 0 aliphatic heterocycles. The van der Waals surface area contributed by atoms with E-state index in [2.05, 4.69) is 20.9 Å².